The molecule has 0 unspecified atom stereocenters. The standard InChI is InChI=1S/C21H19N5O/c1-2-26-18-7-4-3-6-16(18)17-14-15(8-10-19(17)26)9-11-20(27)24-25-21-22-12-5-13-23-21/h3-14H,2H2,1H3,(H,24,27)(H,22,23,25)/b11-9+. The highest BCUT2D eigenvalue weighted by Gasteiger charge is 2.09. The number of hydrazine groups is 1. The Morgan fingerprint density at radius 2 is 1.81 bits per heavy atom. The largest absolute Gasteiger partial charge is 0.341 e. The highest BCUT2D eigenvalue weighted by molar-refractivity contribution is 6.08. The maximum Gasteiger partial charge on any atom is 0.262 e. The van der Waals surface area contributed by atoms with Gasteiger partial charge in [0.15, 0.2) is 0 Å². The van der Waals surface area contributed by atoms with E-state index >= 15 is 0 Å². The zero-order valence-electron chi connectivity index (χ0n) is 14.9. The molecule has 0 aliphatic heterocycles. The molecule has 0 saturated carbocycles. The Bertz CT molecular complexity index is 1130. The van der Waals surface area contributed by atoms with Gasteiger partial charge in [0, 0.05) is 46.8 Å². The van der Waals surface area contributed by atoms with Crippen molar-refractivity contribution in [1.82, 2.24) is 20.0 Å². The van der Waals surface area contributed by atoms with Gasteiger partial charge < -0.3 is 4.57 Å². The van der Waals surface area contributed by atoms with Crippen molar-refractivity contribution in [3.8, 4) is 0 Å². The van der Waals surface area contributed by atoms with E-state index in [0.29, 0.717) is 5.95 Å². The summed E-state index contributed by atoms with van der Waals surface area (Å²) in [5.41, 5.74) is 8.60. The smallest absolute Gasteiger partial charge is 0.262 e. The van der Waals surface area contributed by atoms with E-state index in [2.05, 4.69) is 68.7 Å². The summed E-state index contributed by atoms with van der Waals surface area (Å²) in [6.07, 6.45) is 6.47. The van der Waals surface area contributed by atoms with Gasteiger partial charge in [0.25, 0.3) is 5.91 Å². The van der Waals surface area contributed by atoms with Crippen LogP contribution in [0.15, 0.2) is 67.0 Å². The molecule has 27 heavy (non-hydrogen) atoms. The summed E-state index contributed by atoms with van der Waals surface area (Å²) in [4.78, 5) is 20.0. The number of carbonyl (C=O) groups excluding carboxylic acids is 1. The van der Waals surface area contributed by atoms with Gasteiger partial charge >= 0.3 is 0 Å². The first-order chi connectivity index (χ1) is 13.3. The second kappa shape index (κ2) is 7.29. The molecule has 2 heterocycles. The van der Waals surface area contributed by atoms with Gasteiger partial charge in [-0.25, -0.2) is 9.97 Å². The molecule has 2 aromatic heterocycles. The van der Waals surface area contributed by atoms with E-state index < -0.39 is 0 Å². The van der Waals surface area contributed by atoms with Crippen molar-refractivity contribution in [2.75, 3.05) is 5.43 Å². The highest BCUT2D eigenvalue weighted by atomic mass is 16.2. The zero-order chi connectivity index (χ0) is 18.6. The second-order valence-electron chi connectivity index (χ2n) is 6.06. The maximum absolute atomic E-state index is 12.0. The third-order valence-corrected chi connectivity index (χ3v) is 4.40. The van der Waals surface area contributed by atoms with Crippen LogP contribution in [0.4, 0.5) is 5.95 Å². The minimum atomic E-state index is -0.279. The van der Waals surface area contributed by atoms with Gasteiger partial charge in [0.05, 0.1) is 0 Å². The highest BCUT2D eigenvalue weighted by Crippen LogP contribution is 2.29. The Morgan fingerprint density at radius 1 is 1.04 bits per heavy atom. The molecule has 4 rings (SSSR count). The van der Waals surface area contributed by atoms with Crippen LogP contribution in [0.2, 0.25) is 0 Å². The van der Waals surface area contributed by atoms with Gasteiger partial charge in [-0.1, -0.05) is 24.3 Å². The van der Waals surface area contributed by atoms with Crippen LogP contribution in [0.25, 0.3) is 27.9 Å². The van der Waals surface area contributed by atoms with Gasteiger partial charge in [-0.3, -0.25) is 15.6 Å². The van der Waals surface area contributed by atoms with Crippen LogP contribution in [0, 0.1) is 0 Å². The summed E-state index contributed by atoms with van der Waals surface area (Å²) in [5.74, 6) is 0.0616. The van der Waals surface area contributed by atoms with E-state index in [4.69, 9.17) is 0 Å². The lowest BCUT2D eigenvalue weighted by atomic mass is 10.1. The summed E-state index contributed by atoms with van der Waals surface area (Å²) < 4.78 is 2.30. The summed E-state index contributed by atoms with van der Waals surface area (Å²) in [6, 6.07) is 16.3. The molecular formula is C21H19N5O. The molecule has 6 nitrogen and oxygen atoms in total. The predicted octanol–water partition coefficient (Wildman–Crippen LogP) is 3.76. The molecule has 2 aromatic carbocycles. The van der Waals surface area contributed by atoms with Gasteiger partial charge in [-0.05, 0) is 42.8 Å². The van der Waals surface area contributed by atoms with Crippen molar-refractivity contribution in [2.24, 2.45) is 0 Å². The quantitative estimate of drug-likeness (QED) is 0.421. The van der Waals surface area contributed by atoms with E-state index in [1.54, 1.807) is 24.5 Å². The molecule has 0 aliphatic carbocycles. The SMILES string of the molecule is CCn1c2ccccc2c2cc(/C=C/C(=O)NNc3ncccn3)ccc21. The number of rotatable bonds is 5. The first-order valence-corrected chi connectivity index (χ1v) is 8.78. The molecule has 0 atom stereocenters. The van der Waals surface area contributed by atoms with Crippen LogP contribution in [-0.4, -0.2) is 20.4 Å². The van der Waals surface area contributed by atoms with E-state index in [1.165, 1.54) is 27.9 Å². The Hall–Kier alpha value is -3.67. The van der Waals surface area contributed by atoms with Crippen LogP contribution >= 0.6 is 0 Å². The number of hydrogen-bond donors (Lipinski definition) is 2. The van der Waals surface area contributed by atoms with Crippen molar-refractivity contribution in [2.45, 2.75) is 13.5 Å². The number of hydrogen-bond acceptors (Lipinski definition) is 4. The van der Waals surface area contributed by atoms with Crippen molar-refractivity contribution in [1.29, 1.82) is 0 Å². The third kappa shape index (κ3) is 3.37. The Balaban J connectivity index is 1.56. The van der Waals surface area contributed by atoms with Crippen molar-refractivity contribution in [3.63, 3.8) is 0 Å². The molecule has 0 aliphatic rings. The fourth-order valence-electron chi connectivity index (χ4n) is 3.21. The van der Waals surface area contributed by atoms with E-state index in [-0.39, 0.29) is 5.91 Å². The lowest BCUT2D eigenvalue weighted by Crippen LogP contribution is -2.28. The summed E-state index contributed by atoms with van der Waals surface area (Å²) in [7, 11) is 0. The molecule has 0 fully saturated rings. The molecule has 0 bridgehead atoms. The van der Waals surface area contributed by atoms with Crippen LogP contribution in [0.3, 0.4) is 0 Å². The molecule has 0 spiro atoms. The van der Waals surface area contributed by atoms with Crippen molar-refractivity contribution < 1.29 is 4.79 Å². The van der Waals surface area contributed by atoms with Crippen LogP contribution in [0.1, 0.15) is 12.5 Å². The minimum absolute atomic E-state index is 0.279. The van der Waals surface area contributed by atoms with Gasteiger partial charge in [0.2, 0.25) is 5.95 Å². The lowest BCUT2D eigenvalue weighted by molar-refractivity contribution is -0.116. The second-order valence-corrected chi connectivity index (χ2v) is 6.06. The topological polar surface area (TPSA) is 71.8 Å². The zero-order valence-corrected chi connectivity index (χ0v) is 14.9. The van der Waals surface area contributed by atoms with Crippen LogP contribution in [-0.2, 0) is 11.3 Å². The van der Waals surface area contributed by atoms with Crippen molar-refractivity contribution >= 4 is 39.7 Å². The normalized spacial score (nSPS) is 11.3. The Morgan fingerprint density at radius 3 is 2.63 bits per heavy atom. The average Bonchev–Trinajstić information content (AvgIpc) is 3.04. The lowest BCUT2D eigenvalue weighted by Gasteiger charge is -2.04. The first-order valence-electron chi connectivity index (χ1n) is 8.78. The van der Waals surface area contributed by atoms with E-state index in [9.17, 15) is 4.79 Å². The predicted molar refractivity (Wildman–Crippen MR) is 108 cm³/mol. The molecule has 0 radical (unpaired) electrons. The fraction of sp³-hybridized carbons (Fsp3) is 0.0952. The summed E-state index contributed by atoms with van der Waals surface area (Å²) in [5, 5.41) is 2.41. The van der Waals surface area contributed by atoms with Gasteiger partial charge in [-0.2, -0.15) is 0 Å². The number of aryl methyl sites for hydroxylation is 1. The molecule has 0 saturated heterocycles. The van der Waals surface area contributed by atoms with Crippen LogP contribution < -0.4 is 10.9 Å². The van der Waals surface area contributed by atoms with Crippen molar-refractivity contribution in [3.05, 3.63) is 72.6 Å². The minimum Gasteiger partial charge on any atom is -0.341 e. The fourth-order valence-corrected chi connectivity index (χ4v) is 3.21. The Kier molecular flexibility index (Phi) is 4.53. The molecule has 4 aromatic rings. The van der Waals surface area contributed by atoms with Crippen LogP contribution in [0.5, 0.6) is 0 Å². The number of benzene rings is 2. The number of aromatic nitrogens is 3. The number of carbonyl (C=O) groups is 1. The molecular weight excluding hydrogens is 338 g/mol. The number of para-hydroxylation sites is 1. The Labute approximate surface area is 156 Å². The molecule has 2 N–H and O–H groups in total. The summed E-state index contributed by atoms with van der Waals surface area (Å²) >= 11 is 0. The molecule has 1 amide bonds. The number of amides is 1. The maximum atomic E-state index is 12.0. The monoisotopic (exact) mass is 357 g/mol. The summed E-state index contributed by atoms with van der Waals surface area (Å²) in [6.45, 7) is 3.06. The number of nitrogens with zero attached hydrogens (tertiary/aromatic N) is 3. The first kappa shape index (κ1) is 16.8. The van der Waals surface area contributed by atoms with E-state index in [0.717, 1.165) is 12.1 Å². The third-order valence-electron chi connectivity index (χ3n) is 4.40. The number of anilines is 1. The number of fused-ring (bicyclic) bond motifs is 3. The van der Waals surface area contributed by atoms with E-state index in [1.807, 2.05) is 6.07 Å². The number of nitrogens with one attached hydrogen (secondary N) is 2. The van der Waals surface area contributed by atoms with Gasteiger partial charge in [0.1, 0.15) is 0 Å². The van der Waals surface area contributed by atoms with Gasteiger partial charge in [-0.15, -0.1) is 0 Å². The molecule has 6 heteroatoms. The average molecular weight is 357 g/mol. The molecule has 134 valence electrons.